The number of hydrogen-bond acceptors (Lipinski definition) is 6. The molecule has 162 valence electrons. The third-order valence-electron chi connectivity index (χ3n) is 3.71. The van der Waals surface area contributed by atoms with Gasteiger partial charge in [0.1, 0.15) is 17.1 Å². The minimum absolute atomic E-state index is 0.0596. The van der Waals surface area contributed by atoms with Crippen LogP contribution < -0.4 is 10.5 Å². The summed E-state index contributed by atoms with van der Waals surface area (Å²) in [7, 11) is 0. The van der Waals surface area contributed by atoms with Crippen molar-refractivity contribution in [2.45, 2.75) is 12.4 Å². The predicted molar refractivity (Wildman–Crippen MR) is 96.3 cm³/mol. The highest BCUT2D eigenvalue weighted by Crippen LogP contribution is 2.30. The number of aromatic amines is 1. The maximum Gasteiger partial charge on any atom is 0.432 e. The Balaban J connectivity index is 1.81. The Labute approximate surface area is 170 Å². The van der Waals surface area contributed by atoms with E-state index in [4.69, 9.17) is 15.9 Å². The summed E-state index contributed by atoms with van der Waals surface area (Å²) in [5.41, 5.74) is 1.64. The minimum Gasteiger partial charge on any atom is -0.421 e. The van der Waals surface area contributed by atoms with Gasteiger partial charge in [0, 0.05) is 12.1 Å². The fourth-order valence-corrected chi connectivity index (χ4v) is 2.25. The van der Waals surface area contributed by atoms with Crippen LogP contribution in [0, 0.1) is 5.41 Å². The predicted octanol–water partition coefficient (Wildman–Crippen LogP) is 4.45. The van der Waals surface area contributed by atoms with E-state index in [0.29, 0.717) is 6.08 Å². The summed E-state index contributed by atoms with van der Waals surface area (Å²) < 4.78 is 81.1. The van der Waals surface area contributed by atoms with E-state index in [1.807, 2.05) is 5.10 Å². The summed E-state index contributed by atoms with van der Waals surface area (Å²) in [6.07, 6.45) is -8.97. The first-order chi connectivity index (χ1) is 14.4. The average molecular weight is 442 g/mol. The molecule has 0 radical (unpaired) electrons. The van der Waals surface area contributed by atoms with Crippen LogP contribution in [-0.4, -0.2) is 32.1 Å². The van der Waals surface area contributed by atoms with E-state index in [0.717, 1.165) is 6.07 Å². The molecule has 0 saturated heterocycles. The number of ether oxygens (including phenoxy) is 1. The number of H-pyrrole nitrogens is 1. The van der Waals surface area contributed by atoms with E-state index in [9.17, 15) is 26.3 Å². The first kappa shape index (κ1) is 21.8. The maximum absolute atomic E-state index is 12.7. The number of halogens is 6. The molecule has 0 unspecified atom stereocenters. The van der Waals surface area contributed by atoms with Crippen LogP contribution in [-0.2, 0) is 6.18 Å². The number of rotatable bonds is 5. The molecule has 7 nitrogen and oxygen atoms in total. The first-order valence-corrected chi connectivity index (χ1v) is 8.32. The Morgan fingerprint density at radius 1 is 0.968 bits per heavy atom. The zero-order valence-corrected chi connectivity index (χ0v) is 15.2. The third kappa shape index (κ3) is 5.38. The van der Waals surface area contributed by atoms with Gasteiger partial charge in [-0.25, -0.2) is 9.97 Å². The van der Waals surface area contributed by atoms with Crippen molar-refractivity contribution in [2.75, 3.05) is 0 Å². The first-order valence-electron chi connectivity index (χ1n) is 8.32. The van der Waals surface area contributed by atoms with E-state index in [-0.39, 0.29) is 28.8 Å². The van der Waals surface area contributed by atoms with Crippen LogP contribution >= 0.6 is 0 Å². The number of aromatic nitrogens is 4. The molecule has 3 aromatic rings. The molecule has 0 spiro atoms. The second-order valence-electron chi connectivity index (χ2n) is 6.00. The number of hydrogen-bond donors (Lipinski definition) is 3. The number of nitrogens with two attached hydrogens (primary N) is 1. The van der Waals surface area contributed by atoms with E-state index >= 15 is 0 Å². The van der Waals surface area contributed by atoms with Crippen molar-refractivity contribution < 1.29 is 31.1 Å². The fourth-order valence-electron chi connectivity index (χ4n) is 2.25. The second kappa shape index (κ2) is 8.08. The Bertz CT molecular complexity index is 1130. The maximum atomic E-state index is 12.7. The lowest BCUT2D eigenvalue weighted by Crippen LogP contribution is -2.20. The summed E-state index contributed by atoms with van der Waals surface area (Å²) in [6, 6.07) is 9.06. The summed E-state index contributed by atoms with van der Waals surface area (Å²) in [5.74, 6) is -0.167. The number of nitrogens with zero attached hydrogens (tertiary/aromatic N) is 3. The van der Waals surface area contributed by atoms with Crippen molar-refractivity contribution in [1.29, 1.82) is 5.41 Å². The summed E-state index contributed by atoms with van der Waals surface area (Å²) >= 11 is 0. The Kier molecular flexibility index (Phi) is 5.69. The molecule has 3 aromatic heterocycles. The fraction of sp³-hybridized carbons (Fsp3) is 0.111. The molecule has 0 aromatic carbocycles. The highest BCUT2D eigenvalue weighted by molar-refractivity contribution is 6.05. The molecular weight excluding hydrogens is 430 g/mol. The molecule has 0 aliphatic carbocycles. The molecule has 13 heteroatoms. The van der Waals surface area contributed by atoms with Gasteiger partial charge < -0.3 is 10.5 Å². The Morgan fingerprint density at radius 3 is 2.23 bits per heavy atom. The zero-order valence-electron chi connectivity index (χ0n) is 15.2. The molecule has 0 atom stereocenters. The van der Waals surface area contributed by atoms with E-state index in [2.05, 4.69) is 15.1 Å². The van der Waals surface area contributed by atoms with Gasteiger partial charge in [-0.1, -0.05) is 12.1 Å². The molecule has 0 bridgehead atoms. The van der Waals surface area contributed by atoms with Crippen molar-refractivity contribution in [3.05, 3.63) is 65.6 Å². The van der Waals surface area contributed by atoms with Gasteiger partial charge in [-0.15, -0.1) is 0 Å². The van der Waals surface area contributed by atoms with Crippen LogP contribution in [0.4, 0.5) is 26.3 Å². The SMILES string of the molecule is N=C(C=C(N)C(F)(F)F)c1cccc(Oc2cccc(-c3cc(C(F)(F)F)[nH]n3)n2)n1. The number of pyridine rings is 2. The van der Waals surface area contributed by atoms with E-state index < -0.39 is 29.5 Å². The van der Waals surface area contributed by atoms with Gasteiger partial charge in [0.2, 0.25) is 11.8 Å². The molecule has 4 N–H and O–H groups in total. The lowest BCUT2D eigenvalue weighted by molar-refractivity contribution is -0.141. The Hall–Kier alpha value is -3.90. The van der Waals surface area contributed by atoms with Crippen LogP contribution in [0.2, 0.25) is 0 Å². The smallest absolute Gasteiger partial charge is 0.421 e. The van der Waals surface area contributed by atoms with Gasteiger partial charge in [-0.3, -0.25) is 10.5 Å². The standard InChI is InChI=1S/C18H12F6N6O/c19-17(20,21)13(26)7-9(25)10-3-1-5-15(27-10)31-16-6-2-4-11(28-16)12-8-14(30-29-12)18(22,23)24/h1-8,25H,26H2,(H,29,30). The summed E-state index contributed by atoms with van der Waals surface area (Å²) in [6.45, 7) is 0. The normalized spacial score (nSPS) is 12.6. The van der Waals surface area contributed by atoms with Gasteiger partial charge in [0.05, 0.1) is 17.1 Å². The quantitative estimate of drug-likeness (QED) is 0.399. The van der Waals surface area contributed by atoms with E-state index in [1.165, 1.54) is 36.4 Å². The van der Waals surface area contributed by atoms with Crippen molar-refractivity contribution in [3.63, 3.8) is 0 Å². The topological polar surface area (TPSA) is 114 Å². The van der Waals surface area contributed by atoms with Gasteiger partial charge in [0.15, 0.2) is 0 Å². The largest absolute Gasteiger partial charge is 0.432 e. The summed E-state index contributed by atoms with van der Waals surface area (Å²) in [5, 5.41) is 13.2. The van der Waals surface area contributed by atoms with Crippen LogP contribution in [0.5, 0.6) is 11.8 Å². The Morgan fingerprint density at radius 2 is 1.61 bits per heavy atom. The molecule has 0 aliphatic heterocycles. The molecule has 31 heavy (non-hydrogen) atoms. The van der Waals surface area contributed by atoms with E-state index in [1.54, 1.807) is 0 Å². The molecule has 0 fully saturated rings. The van der Waals surface area contributed by atoms with Crippen molar-refractivity contribution in [2.24, 2.45) is 5.73 Å². The molecule has 0 aliphatic rings. The summed E-state index contributed by atoms with van der Waals surface area (Å²) in [4.78, 5) is 7.96. The second-order valence-corrected chi connectivity index (χ2v) is 6.00. The highest BCUT2D eigenvalue weighted by Gasteiger charge is 2.33. The monoisotopic (exact) mass is 442 g/mol. The highest BCUT2D eigenvalue weighted by atomic mass is 19.4. The van der Waals surface area contributed by atoms with Gasteiger partial charge >= 0.3 is 12.4 Å². The van der Waals surface area contributed by atoms with Gasteiger partial charge in [-0.2, -0.15) is 31.4 Å². The van der Waals surface area contributed by atoms with Crippen LogP contribution in [0.1, 0.15) is 11.4 Å². The lowest BCUT2D eigenvalue weighted by Gasteiger charge is -2.08. The molecule has 0 saturated carbocycles. The van der Waals surface area contributed by atoms with Crippen molar-refractivity contribution >= 4 is 5.71 Å². The number of allylic oxidation sites excluding steroid dienone is 2. The molecule has 3 heterocycles. The number of alkyl halides is 6. The minimum atomic E-state index is -4.79. The van der Waals surface area contributed by atoms with Crippen molar-refractivity contribution in [1.82, 2.24) is 20.2 Å². The lowest BCUT2D eigenvalue weighted by atomic mass is 10.2. The number of nitrogens with one attached hydrogen (secondary N) is 2. The van der Waals surface area contributed by atoms with Crippen LogP contribution in [0.15, 0.2) is 54.2 Å². The zero-order chi connectivity index (χ0) is 22.8. The van der Waals surface area contributed by atoms with Crippen LogP contribution in [0.3, 0.4) is 0 Å². The third-order valence-corrected chi connectivity index (χ3v) is 3.71. The molecule has 0 amide bonds. The molecular formula is C18H12F6N6O. The van der Waals surface area contributed by atoms with Crippen molar-refractivity contribution in [3.8, 4) is 23.1 Å². The average Bonchev–Trinajstić information content (AvgIpc) is 3.18. The van der Waals surface area contributed by atoms with Gasteiger partial charge in [-0.05, 0) is 24.3 Å². The van der Waals surface area contributed by atoms with Gasteiger partial charge in [0.25, 0.3) is 0 Å². The van der Waals surface area contributed by atoms with Crippen LogP contribution in [0.25, 0.3) is 11.4 Å². The molecule has 3 rings (SSSR count).